The summed E-state index contributed by atoms with van der Waals surface area (Å²) in [5.41, 5.74) is 0. The van der Waals surface area contributed by atoms with Crippen LogP contribution in [0.3, 0.4) is 0 Å². The van der Waals surface area contributed by atoms with Crippen molar-refractivity contribution < 1.29 is 30.8 Å². The number of aromatic nitrogens is 2. The number of imidazole rings is 1. The van der Waals surface area contributed by atoms with Gasteiger partial charge in [0.05, 0.1) is 22.4 Å². The molecule has 10 heteroatoms. The molecule has 0 saturated heterocycles. The highest BCUT2D eigenvalue weighted by Gasteiger charge is 2.39. The summed E-state index contributed by atoms with van der Waals surface area (Å²) in [5.74, 6) is -0.406. The van der Waals surface area contributed by atoms with E-state index in [0.29, 0.717) is 19.8 Å². The van der Waals surface area contributed by atoms with Crippen LogP contribution in [0.25, 0.3) is 0 Å². The topological polar surface area (TPSA) is 93.7 Å². The summed E-state index contributed by atoms with van der Waals surface area (Å²) in [6.45, 7) is 8.35. The molecule has 8 nitrogen and oxygen atoms in total. The van der Waals surface area contributed by atoms with Crippen LogP contribution >= 0.6 is 0 Å². The Morgan fingerprint density at radius 3 is 2.21 bits per heavy atom. The van der Waals surface area contributed by atoms with E-state index in [0.717, 1.165) is 19.0 Å². The molecule has 0 aliphatic heterocycles. The van der Waals surface area contributed by atoms with Crippen LogP contribution in [-0.4, -0.2) is 51.9 Å². The lowest BCUT2D eigenvalue weighted by atomic mass is 10.5. The zero-order valence-electron chi connectivity index (χ0n) is 14.6. The molecule has 0 amide bonds. The summed E-state index contributed by atoms with van der Waals surface area (Å²) in [5, 5.41) is 0. The normalized spacial score (nSPS) is 12.7. The fourth-order valence-electron chi connectivity index (χ4n) is 2.40. The van der Waals surface area contributed by atoms with E-state index in [1.165, 1.54) is 0 Å². The van der Waals surface area contributed by atoms with Crippen LogP contribution < -0.4 is 4.57 Å². The third-order valence-electron chi connectivity index (χ3n) is 3.34. The third kappa shape index (κ3) is 7.86. The minimum Gasteiger partial charge on any atom is -0.748 e. The number of hydrogen-bond donors (Lipinski definition) is 0. The third-order valence-corrected chi connectivity index (χ3v) is 7.17. The van der Waals surface area contributed by atoms with Gasteiger partial charge in [-0.2, -0.15) is 0 Å². The second-order valence-corrected chi connectivity index (χ2v) is 9.49. The zero-order valence-corrected chi connectivity index (χ0v) is 16.5. The monoisotopic (exact) mass is 380 g/mol. The van der Waals surface area contributed by atoms with E-state index in [4.69, 9.17) is 13.3 Å². The highest BCUT2D eigenvalue weighted by atomic mass is 32.2. The van der Waals surface area contributed by atoms with Crippen molar-refractivity contribution in [2.75, 3.05) is 25.6 Å². The van der Waals surface area contributed by atoms with Gasteiger partial charge < -0.3 is 17.8 Å². The molecule has 1 heterocycles. The molecule has 0 aliphatic rings. The van der Waals surface area contributed by atoms with Crippen molar-refractivity contribution in [2.24, 2.45) is 0 Å². The standard InChI is InChI=1S/C14H28N2O6SSi/c1-4-20-24(21-5-2,22-6-3)13-7-8-15-9-10-16(14-15)11-12-23(17,18)19/h9-10,14H,4-8,11-13H2,1-3H3. The second-order valence-electron chi connectivity index (χ2n) is 5.24. The van der Waals surface area contributed by atoms with Crippen molar-refractivity contribution in [2.45, 2.75) is 46.3 Å². The van der Waals surface area contributed by atoms with E-state index in [2.05, 4.69) is 0 Å². The van der Waals surface area contributed by atoms with Gasteiger partial charge in [0, 0.05) is 25.9 Å². The van der Waals surface area contributed by atoms with Crippen molar-refractivity contribution in [1.29, 1.82) is 0 Å². The molecule has 0 fully saturated rings. The van der Waals surface area contributed by atoms with Crippen molar-refractivity contribution in [3.8, 4) is 0 Å². The van der Waals surface area contributed by atoms with Gasteiger partial charge in [-0.15, -0.1) is 0 Å². The summed E-state index contributed by atoms with van der Waals surface area (Å²) in [7, 11) is -6.82. The Bertz CT molecular complexity index is 561. The van der Waals surface area contributed by atoms with E-state index in [1.807, 2.05) is 31.5 Å². The highest BCUT2D eigenvalue weighted by Crippen LogP contribution is 2.18. The van der Waals surface area contributed by atoms with E-state index >= 15 is 0 Å². The first-order chi connectivity index (χ1) is 11.3. The summed E-state index contributed by atoms with van der Waals surface area (Å²) >= 11 is 0. The first-order valence-corrected chi connectivity index (χ1v) is 11.7. The SMILES string of the molecule is CCO[Si](CCC[n+]1ccn(CCS(=O)(=O)[O-])c1)(OCC)OCC. The fraction of sp³-hybridized carbons (Fsp3) is 0.786. The molecular weight excluding hydrogens is 352 g/mol. The first-order valence-electron chi connectivity index (χ1n) is 8.24. The van der Waals surface area contributed by atoms with E-state index in [9.17, 15) is 13.0 Å². The predicted molar refractivity (Wildman–Crippen MR) is 89.2 cm³/mol. The molecule has 0 atom stereocenters. The minimum atomic E-state index is -4.19. The summed E-state index contributed by atoms with van der Waals surface area (Å²) in [4.78, 5) is 0. The number of rotatable bonds is 13. The predicted octanol–water partition coefficient (Wildman–Crippen LogP) is 0.759. The summed E-state index contributed by atoms with van der Waals surface area (Å²) in [6.07, 6.45) is 6.21. The van der Waals surface area contributed by atoms with E-state index in [1.54, 1.807) is 17.1 Å². The zero-order chi connectivity index (χ0) is 18.1. The molecule has 0 aliphatic carbocycles. The van der Waals surface area contributed by atoms with Crippen molar-refractivity contribution >= 4 is 18.9 Å². The van der Waals surface area contributed by atoms with Gasteiger partial charge >= 0.3 is 8.80 Å². The molecule has 1 rings (SSSR count). The lowest BCUT2D eigenvalue weighted by Crippen LogP contribution is -2.46. The smallest absolute Gasteiger partial charge is 0.501 e. The number of hydrogen-bond acceptors (Lipinski definition) is 6. The fourth-order valence-corrected chi connectivity index (χ4v) is 5.43. The van der Waals surface area contributed by atoms with Crippen LogP contribution in [-0.2, 0) is 36.5 Å². The van der Waals surface area contributed by atoms with Gasteiger partial charge in [0.15, 0.2) is 0 Å². The van der Waals surface area contributed by atoms with Crippen molar-refractivity contribution in [1.82, 2.24) is 4.57 Å². The Kier molecular flexibility index (Phi) is 9.09. The molecular formula is C14H28N2O6SSi. The molecule has 1 aromatic heterocycles. The maximum absolute atomic E-state index is 10.7. The number of aryl methyl sites for hydroxylation is 2. The Balaban J connectivity index is 2.53. The van der Waals surface area contributed by atoms with Crippen LogP contribution in [0.1, 0.15) is 27.2 Å². The summed E-state index contributed by atoms with van der Waals surface area (Å²) < 4.78 is 53.1. The molecule has 0 bridgehead atoms. The van der Waals surface area contributed by atoms with Gasteiger partial charge in [0.1, 0.15) is 18.9 Å². The Morgan fingerprint density at radius 1 is 1.12 bits per heavy atom. The molecule has 1 aromatic rings. The Morgan fingerprint density at radius 2 is 1.71 bits per heavy atom. The van der Waals surface area contributed by atoms with Crippen LogP contribution in [0.4, 0.5) is 0 Å². The summed E-state index contributed by atoms with van der Waals surface area (Å²) in [6, 6.07) is 0.718. The van der Waals surface area contributed by atoms with Gasteiger partial charge in [-0.25, -0.2) is 17.6 Å². The minimum absolute atomic E-state index is 0.161. The van der Waals surface area contributed by atoms with Crippen molar-refractivity contribution in [3.05, 3.63) is 18.7 Å². The van der Waals surface area contributed by atoms with Crippen molar-refractivity contribution in [3.63, 3.8) is 0 Å². The molecule has 0 aromatic carbocycles. The van der Waals surface area contributed by atoms with Gasteiger partial charge in [0.2, 0.25) is 6.33 Å². The lowest BCUT2D eigenvalue weighted by molar-refractivity contribution is -0.696. The van der Waals surface area contributed by atoms with Gasteiger partial charge in [-0.3, -0.25) is 0 Å². The Labute approximate surface area is 145 Å². The van der Waals surface area contributed by atoms with Gasteiger partial charge in [-0.1, -0.05) is 0 Å². The average molecular weight is 381 g/mol. The van der Waals surface area contributed by atoms with Gasteiger partial charge in [-0.05, 0) is 27.2 Å². The molecule has 0 saturated carbocycles. The maximum Gasteiger partial charge on any atom is 0.501 e. The molecule has 0 N–H and O–H groups in total. The largest absolute Gasteiger partial charge is 0.748 e. The van der Waals surface area contributed by atoms with Crippen LogP contribution in [0.2, 0.25) is 6.04 Å². The maximum atomic E-state index is 10.7. The second kappa shape index (κ2) is 10.3. The first kappa shape index (κ1) is 21.3. The lowest BCUT2D eigenvalue weighted by Gasteiger charge is -2.28. The van der Waals surface area contributed by atoms with E-state index in [-0.39, 0.29) is 6.54 Å². The quantitative estimate of drug-likeness (QED) is 0.285. The van der Waals surface area contributed by atoms with Gasteiger partial charge in [0.25, 0.3) is 0 Å². The van der Waals surface area contributed by atoms with Crippen LogP contribution in [0.15, 0.2) is 18.7 Å². The van der Waals surface area contributed by atoms with Crippen LogP contribution in [0.5, 0.6) is 0 Å². The molecule has 0 unspecified atom stereocenters. The highest BCUT2D eigenvalue weighted by molar-refractivity contribution is 7.85. The van der Waals surface area contributed by atoms with Crippen LogP contribution in [0, 0.1) is 0 Å². The van der Waals surface area contributed by atoms with E-state index < -0.39 is 24.7 Å². The Hall–Kier alpha value is -0.783. The molecule has 24 heavy (non-hydrogen) atoms. The molecule has 140 valence electrons. The number of nitrogens with zero attached hydrogens (tertiary/aromatic N) is 2. The molecule has 0 radical (unpaired) electrons. The average Bonchev–Trinajstić information content (AvgIpc) is 2.93. The molecule has 0 spiro atoms.